The first-order valence-corrected chi connectivity index (χ1v) is 6.19. The second kappa shape index (κ2) is 3.88. The molecule has 0 bridgehead atoms. The number of nitrogens with zero attached hydrogens (tertiary/aromatic N) is 2. The largest absolute Gasteiger partial charge is 0.321 e. The molecular formula is C13H23N3. The topological polar surface area (TPSA) is 43.8 Å². The molecule has 2 rings (SSSR count). The Morgan fingerprint density at radius 3 is 2.62 bits per heavy atom. The smallest absolute Gasteiger partial charge is 0.0540 e. The number of rotatable bonds is 1. The molecule has 1 unspecified atom stereocenters. The minimum atomic E-state index is -0.151. The molecule has 0 aliphatic heterocycles. The van der Waals surface area contributed by atoms with Crippen LogP contribution in [0.5, 0.6) is 0 Å². The minimum Gasteiger partial charge on any atom is -0.321 e. The van der Waals surface area contributed by atoms with Gasteiger partial charge >= 0.3 is 0 Å². The van der Waals surface area contributed by atoms with Gasteiger partial charge in [-0.15, -0.1) is 0 Å². The predicted octanol–water partition coefficient (Wildman–Crippen LogP) is 2.56. The van der Waals surface area contributed by atoms with Gasteiger partial charge in [-0.1, -0.05) is 20.3 Å². The highest BCUT2D eigenvalue weighted by atomic mass is 15.2. The first kappa shape index (κ1) is 11.6. The number of aromatic nitrogens is 2. The summed E-state index contributed by atoms with van der Waals surface area (Å²) in [6.45, 7) is 4.70. The summed E-state index contributed by atoms with van der Waals surface area (Å²) < 4.78 is 1.85. The van der Waals surface area contributed by atoms with Gasteiger partial charge in [0, 0.05) is 24.3 Å². The molecule has 1 aromatic heterocycles. The maximum absolute atomic E-state index is 6.56. The molecule has 90 valence electrons. The lowest BCUT2D eigenvalue weighted by Crippen LogP contribution is -2.36. The average molecular weight is 221 g/mol. The molecule has 16 heavy (non-hydrogen) atoms. The van der Waals surface area contributed by atoms with Gasteiger partial charge in [-0.3, -0.25) is 4.68 Å². The van der Waals surface area contributed by atoms with Gasteiger partial charge in [0.1, 0.15) is 0 Å². The Hall–Kier alpha value is -0.830. The molecule has 1 aliphatic rings. The first-order chi connectivity index (χ1) is 7.41. The van der Waals surface area contributed by atoms with Crippen LogP contribution in [-0.2, 0) is 12.6 Å². The molecule has 0 saturated heterocycles. The SMILES string of the molecule is Cn1cc(C2(N)CCCC(C)(C)CC2)cn1. The number of aryl methyl sites for hydroxylation is 1. The highest BCUT2D eigenvalue weighted by molar-refractivity contribution is 5.18. The fourth-order valence-corrected chi connectivity index (χ4v) is 2.66. The van der Waals surface area contributed by atoms with Gasteiger partial charge < -0.3 is 5.73 Å². The average Bonchev–Trinajstić information content (AvgIpc) is 2.57. The van der Waals surface area contributed by atoms with E-state index in [0.29, 0.717) is 5.41 Å². The van der Waals surface area contributed by atoms with E-state index in [-0.39, 0.29) is 5.54 Å². The van der Waals surface area contributed by atoms with Crippen molar-refractivity contribution in [1.82, 2.24) is 9.78 Å². The summed E-state index contributed by atoms with van der Waals surface area (Å²) in [4.78, 5) is 0. The summed E-state index contributed by atoms with van der Waals surface area (Å²) >= 11 is 0. The summed E-state index contributed by atoms with van der Waals surface area (Å²) in [5.41, 5.74) is 8.06. The fraction of sp³-hybridized carbons (Fsp3) is 0.769. The van der Waals surface area contributed by atoms with Gasteiger partial charge in [-0.2, -0.15) is 5.10 Å². The third-order valence-corrected chi connectivity index (χ3v) is 4.00. The second-order valence-electron chi connectivity index (χ2n) is 6.08. The van der Waals surface area contributed by atoms with E-state index < -0.39 is 0 Å². The van der Waals surface area contributed by atoms with Crippen LogP contribution in [0.2, 0.25) is 0 Å². The lowest BCUT2D eigenvalue weighted by Gasteiger charge is -2.28. The molecule has 0 spiro atoms. The van der Waals surface area contributed by atoms with Crippen LogP contribution in [0.4, 0.5) is 0 Å². The van der Waals surface area contributed by atoms with E-state index in [2.05, 4.69) is 25.1 Å². The van der Waals surface area contributed by atoms with Crippen molar-refractivity contribution in [3.8, 4) is 0 Å². The zero-order valence-corrected chi connectivity index (χ0v) is 10.7. The monoisotopic (exact) mass is 221 g/mol. The van der Waals surface area contributed by atoms with E-state index in [0.717, 1.165) is 12.8 Å². The van der Waals surface area contributed by atoms with Crippen molar-refractivity contribution in [3.63, 3.8) is 0 Å². The van der Waals surface area contributed by atoms with Crippen LogP contribution in [0.3, 0.4) is 0 Å². The fourth-order valence-electron chi connectivity index (χ4n) is 2.66. The molecule has 0 radical (unpaired) electrons. The molecule has 3 nitrogen and oxygen atoms in total. The second-order valence-corrected chi connectivity index (χ2v) is 6.08. The van der Waals surface area contributed by atoms with Gasteiger partial charge in [0.2, 0.25) is 0 Å². The van der Waals surface area contributed by atoms with E-state index in [1.165, 1.54) is 24.8 Å². The highest BCUT2D eigenvalue weighted by Gasteiger charge is 2.34. The maximum Gasteiger partial charge on any atom is 0.0540 e. The lowest BCUT2D eigenvalue weighted by atomic mass is 9.82. The number of hydrogen-bond acceptors (Lipinski definition) is 2. The molecule has 1 aliphatic carbocycles. The molecule has 1 aromatic rings. The van der Waals surface area contributed by atoms with Gasteiger partial charge in [-0.25, -0.2) is 0 Å². The van der Waals surface area contributed by atoms with Crippen LogP contribution in [0.15, 0.2) is 12.4 Å². The summed E-state index contributed by atoms with van der Waals surface area (Å²) in [5, 5.41) is 4.24. The number of nitrogens with two attached hydrogens (primary N) is 1. The molecule has 1 heterocycles. The summed E-state index contributed by atoms with van der Waals surface area (Å²) in [6, 6.07) is 0. The Labute approximate surface area is 98.0 Å². The standard InChI is InChI=1S/C13H23N3/c1-12(2)5-4-6-13(14,8-7-12)11-9-15-16(3)10-11/h9-10H,4-8,14H2,1-3H3. The van der Waals surface area contributed by atoms with Crippen molar-refractivity contribution in [3.05, 3.63) is 18.0 Å². The summed E-state index contributed by atoms with van der Waals surface area (Å²) in [6.07, 6.45) is 9.87. The molecule has 0 aromatic carbocycles. The molecule has 1 fully saturated rings. The Morgan fingerprint density at radius 2 is 2.00 bits per heavy atom. The van der Waals surface area contributed by atoms with E-state index in [1.54, 1.807) is 0 Å². The molecule has 1 saturated carbocycles. The summed E-state index contributed by atoms with van der Waals surface area (Å²) in [7, 11) is 1.95. The summed E-state index contributed by atoms with van der Waals surface area (Å²) in [5.74, 6) is 0. The van der Waals surface area contributed by atoms with Crippen LogP contribution < -0.4 is 5.73 Å². The van der Waals surface area contributed by atoms with Gasteiger partial charge in [0.15, 0.2) is 0 Å². The first-order valence-electron chi connectivity index (χ1n) is 6.19. The van der Waals surface area contributed by atoms with Crippen LogP contribution >= 0.6 is 0 Å². The van der Waals surface area contributed by atoms with Crippen LogP contribution in [0, 0.1) is 5.41 Å². The van der Waals surface area contributed by atoms with Crippen molar-refractivity contribution >= 4 is 0 Å². The quantitative estimate of drug-likeness (QED) is 0.741. The minimum absolute atomic E-state index is 0.151. The van der Waals surface area contributed by atoms with Crippen LogP contribution in [-0.4, -0.2) is 9.78 Å². The molecule has 2 N–H and O–H groups in total. The third kappa shape index (κ3) is 2.29. The number of hydrogen-bond donors (Lipinski definition) is 1. The Kier molecular flexibility index (Phi) is 2.82. The molecule has 1 atom stereocenters. The zero-order chi connectivity index (χ0) is 11.8. The van der Waals surface area contributed by atoms with Crippen molar-refractivity contribution in [2.45, 2.75) is 51.5 Å². The molecule has 0 amide bonds. The zero-order valence-electron chi connectivity index (χ0n) is 10.7. The molecular weight excluding hydrogens is 198 g/mol. The van der Waals surface area contributed by atoms with Crippen LogP contribution in [0.25, 0.3) is 0 Å². The van der Waals surface area contributed by atoms with E-state index >= 15 is 0 Å². The molecule has 3 heteroatoms. The van der Waals surface area contributed by atoms with Crippen molar-refractivity contribution in [2.75, 3.05) is 0 Å². The Balaban J connectivity index is 2.19. The Morgan fingerprint density at radius 1 is 1.25 bits per heavy atom. The normalized spacial score (nSPS) is 30.0. The van der Waals surface area contributed by atoms with Gasteiger partial charge in [-0.05, 0) is 31.1 Å². The van der Waals surface area contributed by atoms with Gasteiger partial charge in [0.05, 0.1) is 6.20 Å². The van der Waals surface area contributed by atoms with Crippen molar-refractivity contribution in [2.24, 2.45) is 18.2 Å². The van der Waals surface area contributed by atoms with E-state index in [1.807, 2.05) is 17.9 Å². The third-order valence-electron chi connectivity index (χ3n) is 4.00. The van der Waals surface area contributed by atoms with Gasteiger partial charge in [0.25, 0.3) is 0 Å². The van der Waals surface area contributed by atoms with E-state index in [4.69, 9.17) is 5.73 Å². The van der Waals surface area contributed by atoms with E-state index in [9.17, 15) is 0 Å². The predicted molar refractivity (Wildman–Crippen MR) is 65.9 cm³/mol. The lowest BCUT2D eigenvalue weighted by molar-refractivity contribution is 0.299. The Bertz CT molecular complexity index is 367. The van der Waals surface area contributed by atoms with Crippen LogP contribution in [0.1, 0.15) is 51.5 Å². The maximum atomic E-state index is 6.56. The highest BCUT2D eigenvalue weighted by Crippen LogP contribution is 2.41. The van der Waals surface area contributed by atoms with Crippen molar-refractivity contribution < 1.29 is 0 Å². The van der Waals surface area contributed by atoms with Crippen molar-refractivity contribution in [1.29, 1.82) is 0 Å².